The van der Waals surface area contributed by atoms with Crippen molar-refractivity contribution in [2.75, 3.05) is 42.7 Å². The molecular weight excluding hydrogens is 608 g/mol. The van der Waals surface area contributed by atoms with Gasteiger partial charge in [0.1, 0.15) is 11.4 Å². The van der Waals surface area contributed by atoms with Crippen LogP contribution >= 0.6 is 31.9 Å². The number of aromatic amines is 2. The zero-order chi connectivity index (χ0) is 26.7. The molecule has 0 unspecified atom stereocenters. The van der Waals surface area contributed by atoms with E-state index in [0.717, 1.165) is 0 Å². The van der Waals surface area contributed by atoms with Gasteiger partial charge in [0.05, 0.1) is 23.9 Å². The summed E-state index contributed by atoms with van der Waals surface area (Å²) in [7, 11) is 8.43. The van der Waals surface area contributed by atoms with Crippen LogP contribution in [0.4, 0.5) is 0 Å². The molecule has 1 aliphatic rings. The molecule has 0 aromatic carbocycles. The van der Waals surface area contributed by atoms with Gasteiger partial charge in [-0.1, -0.05) is 0 Å². The summed E-state index contributed by atoms with van der Waals surface area (Å²) < 4.78 is 35.4. The number of hydrogen-bond donors (Lipinski definition) is 4. The Morgan fingerprint density at radius 2 is 1.00 bits per heavy atom. The van der Waals surface area contributed by atoms with Crippen molar-refractivity contribution in [2.45, 2.75) is 24.0 Å². The van der Waals surface area contributed by atoms with E-state index in [0.29, 0.717) is 20.3 Å². The number of ether oxygens (including phenoxy) is 6. The maximum atomic E-state index is 13.2. The van der Waals surface area contributed by atoms with Crippen LogP contribution in [0.1, 0.15) is 21.0 Å². The van der Waals surface area contributed by atoms with Gasteiger partial charge in [-0.25, -0.2) is 0 Å². The van der Waals surface area contributed by atoms with Gasteiger partial charge < -0.3 is 49.0 Å². The summed E-state index contributed by atoms with van der Waals surface area (Å²) >= 11 is 6.65. The van der Waals surface area contributed by atoms with Gasteiger partial charge in [-0.3, -0.25) is 9.59 Å². The van der Waals surface area contributed by atoms with Gasteiger partial charge in [-0.2, -0.15) is 0 Å². The van der Waals surface area contributed by atoms with E-state index >= 15 is 0 Å². The number of carbonyl (C=O) groups excluding carboxylic acids is 2. The largest absolute Gasteiger partial charge is 0.356 e. The average molecular weight is 638 g/mol. The number of nitrogens with one attached hydrogen (secondary N) is 4. The minimum absolute atomic E-state index is 0.303. The van der Waals surface area contributed by atoms with Crippen LogP contribution in [0.25, 0.3) is 0 Å². The SMILES string of the molecule is COC(OC)(OC)[C@H]1[C@H](NC(=O)c2cc(Br)c[nH]2)[C@@H](NC(=O)c2cc(Br)c[nH]2)[C@@H]1C(OC)(OC)OC. The fourth-order valence-electron chi connectivity index (χ4n) is 4.76. The van der Waals surface area contributed by atoms with Gasteiger partial charge in [-0.15, -0.1) is 0 Å². The van der Waals surface area contributed by atoms with Crippen LogP contribution in [-0.2, 0) is 28.4 Å². The summed E-state index contributed by atoms with van der Waals surface area (Å²) in [5, 5.41) is 5.92. The molecule has 12 nitrogen and oxygen atoms in total. The van der Waals surface area contributed by atoms with Crippen molar-refractivity contribution in [3.63, 3.8) is 0 Å². The van der Waals surface area contributed by atoms with Gasteiger partial charge in [0, 0.05) is 64.0 Å². The normalized spacial score (nSPS) is 22.2. The van der Waals surface area contributed by atoms with Crippen LogP contribution in [0.2, 0.25) is 0 Å². The zero-order valence-electron chi connectivity index (χ0n) is 20.6. The molecular formula is C22H30Br2N4O8. The Bertz CT molecular complexity index is 954. The Hall–Kier alpha value is -1.78. The topological polar surface area (TPSA) is 145 Å². The number of aromatic nitrogens is 2. The zero-order valence-corrected chi connectivity index (χ0v) is 23.8. The molecule has 2 aromatic heterocycles. The molecule has 1 saturated carbocycles. The third-order valence-electron chi connectivity index (χ3n) is 6.45. The van der Waals surface area contributed by atoms with Crippen LogP contribution in [-0.4, -0.2) is 88.5 Å². The Labute approximate surface area is 225 Å². The summed E-state index contributed by atoms with van der Waals surface area (Å²) in [6.07, 6.45) is 3.27. The molecule has 3 rings (SSSR count). The van der Waals surface area contributed by atoms with Crippen molar-refractivity contribution in [3.05, 3.63) is 44.9 Å². The minimum Gasteiger partial charge on any atom is -0.356 e. The molecule has 1 fully saturated rings. The predicted molar refractivity (Wildman–Crippen MR) is 134 cm³/mol. The molecule has 200 valence electrons. The van der Waals surface area contributed by atoms with Crippen LogP contribution in [0.3, 0.4) is 0 Å². The highest BCUT2D eigenvalue weighted by Gasteiger charge is 2.70. The average Bonchev–Trinajstić information content (AvgIpc) is 3.53. The summed E-state index contributed by atoms with van der Waals surface area (Å²) in [6.45, 7) is 0. The van der Waals surface area contributed by atoms with Crippen LogP contribution < -0.4 is 10.6 Å². The monoisotopic (exact) mass is 636 g/mol. The number of rotatable bonds is 12. The minimum atomic E-state index is -1.66. The van der Waals surface area contributed by atoms with Crippen molar-refractivity contribution >= 4 is 43.7 Å². The third-order valence-corrected chi connectivity index (χ3v) is 7.37. The van der Waals surface area contributed by atoms with E-state index in [4.69, 9.17) is 28.4 Å². The van der Waals surface area contributed by atoms with E-state index < -0.39 is 47.7 Å². The van der Waals surface area contributed by atoms with Crippen molar-refractivity contribution in [3.8, 4) is 0 Å². The number of hydrogen-bond acceptors (Lipinski definition) is 8. The van der Waals surface area contributed by atoms with Gasteiger partial charge >= 0.3 is 0 Å². The summed E-state index contributed by atoms with van der Waals surface area (Å²) in [4.78, 5) is 32.1. The Morgan fingerprint density at radius 1 is 0.694 bits per heavy atom. The summed E-state index contributed by atoms with van der Waals surface area (Å²) in [6, 6.07) is 1.72. The number of amides is 2. The molecule has 0 aliphatic heterocycles. The van der Waals surface area contributed by atoms with Gasteiger partial charge in [0.25, 0.3) is 23.8 Å². The molecule has 4 atom stereocenters. The molecule has 2 aromatic rings. The molecule has 2 amide bonds. The highest BCUT2D eigenvalue weighted by atomic mass is 79.9. The molecule has 4 N–H and O–H groups in total. The van der Waals surface area contributed by atoms with Gasteiger partial charge in [-0.05, 0) is 44.0 Å². The molecule has 36 heavy (non-hydrogen) atoms. The quantitative estimate of drug-likeness (QED) is 0.259. The Kier molecular flexibility index (Phi) is 9.38. The highest BCUT2D eigenvalue weighted by Crippen LogP contribution is 2.51. The molecule has 0 spiro atoms. The van der Waals surface area contributed by atoms with Crippen LogP contribution in [0, 0.1) is 11.8 Å². The first-order valence-electron chi connectivity index (χ1n) is 10.8. The number of halogens is 2. The van der Waals surface area contributed by atoms with Gasteiger partial charge in [0.2, 0.25) is 0 Å². The Morgan fingerprint density at radius 3 is 1.22 bits per heavy atom. The maximum Gasteiger partial charge on any atom is 0.287 e. The fourth-order valence-corrected chi connectivity index (χ4v) is 5.45. The van der Waals surface area contributed by atoms with Crippen molar-refractivity contribution < 1.29 is 38.0 Å². The number of carbonyl (C=O) groups is 2. The molecule has 1 aliphatic carbocycles. The van der Waals surface area contributed by atoms with Crippen LogP contribution in [0.15, 0.2) is 33.5 Å². The van der Waals surface area contributed by atoms with E-state index in [1.807, 2.05) is 0 Å². The molecule has 14 heteroatoms. The standard InChI is InChI=1S/C22H30Br2N4O8/c1-31-21(32-2,33-3)15-16(22(34-4,35-5)36-6)18(28-20(30)14-8-12(24)10-26-14)17(15)27-19(29)13-7-11(23)9-25-13/h7-10,15-18,25-26H,1-6H3,(H,27,29)(H,28,30)/t15-,16-,17+,18+/m1/s1. The second-order valence-corrected chi connectivity index (χ2v) is 9.78. The molecule has 2 heterocycles. The second-order valence-electron chi connectivity index (χ2n) is 7.95. The van der Waals surface area contributed by atoms with E-state index in [1.165, 1.54) is 42.7 Å². The van der Waals surface area contributed by atoms with E-state index in [1.54, 1.807) is 24.5 Å². The molecule has 0 radical (unpaired) electrons. The van der Waals surface area contributed by atoms with Gasteiger partial charge in [0.15, 0.2) is 0 Å². The van der Waals surface area contributed by atoms with E-state index in [-0.39, 0.29) is 0 Å². The lowest BCUT2D eigenvalue weighted by atomic mass is 9.61. The van der Waals surface area contributed by atoms with Crippen molar-refractivity contribution in [2.24, 2.45) is 11.8 Å². The summed E-state index contributed by atoms with van der Waals surface area (Å²) in [5.74, 6) is -5.72. The lowest BCUT2D eigenvalue weighted by molar-refractivity contribution is -0.457. The van der Waals surface area contributed by atoms with Crippen molar-refractivity contribution in [1.29, 1.82) is 0 Å². The predicted octanol–water partition coefficient (Wildman–Crippen LogP) is 2.20. The van der Waals surface area contributed by atoms with Crippen molar-refractivity contribution in [1.82, 2.24) is 20.6 Å². The van der Waals surface area contributed by atoms with E-state index in [2.05, 4.69) is 52.5 Å². The summed E-state index contributed by atoms with van der Waals surface area (Å²) in [5.41, 5.74) is 0.605. The molecule has 0 bridgehead atoms. The maximum absolute atomic E-state index is 13.2. The lowest BCUT2D eigenvalue weighted by Crippen LogP contribution is -2.80. The third kappa shape index (κ3) is 5.13. The number of methoxy groups -OCH3 is 6. The highest BCUT2D eigenvalue weighted by molar-refractivity contribution is 9.10. The first-order valence-corrected chi connectivity index (χ1v) is 12.3. The first-order chi connectivity index (χ1) is 17.1. The second kappa shape index (κ2) is 11.7. The smallest absolute Gasteiger partial charge is 0.287 e. The first kappa shape index (κ1) is 28.8. The lowest BCUT2D eigenvalue weighted by Gasteiger charge is -2.60. The number of H-pyrrole nitrogens is 2. The molecule has 0 saturated heterocycles. The van der Waals surface area contributed by atoms with Crippen LogP contribution in [0.5, 0.6) is 0 Å². The van der Waals surface area contributed by atoms with E-state index in [9.17, 15) is 9.59 Å². The Balaban J connectivity index is 2.07. The fraction of sp³-hybridized carbons (Fsp3) is 0.545.